The summed E-state index contributed by atoms with van der Waals surface area (Å²) in [5.41, 5.74) is 2.50. The third-order valence-corrected chi connectivity index (χ3v) is 3.92. The molecule has 2 rings (SSSR count). The molecule has 0 bridgehead atoms. The molecule has 1 saturated heterocycles. The topological polar surface area (TPSA) is 31.9 Å². The SMILES string of the molecule is CN1CCC(c2cc(C(C)(C)I)n[nH]2)CC1. The second-order valence-corrected chi connectivity index (χ2v) is 7.96. The Balaban J connectivity index is 2.08. The van der Waals surface area contributed by atoms with E-state index in [0.29, 0.717) is 5.92 Å². The third kappa shape index (κ3) is 2.77. The van der Waals surface area contributed by atoms with Gasteiger partial charge in [-0.2, -0.15) is 5.10 Å². The number of rotatable bonds is 2. The Morgan fingerprint density at radius 3 is 2.56 bits per heavy atom. The predicted octanol–water partition coefficient (Wildman–Crippen LogP) is 2.89. The van der Waals surface area contributed by atoms with E-state index < -0.39 is 0 Å². The van der Waals surface area contributed by atoms with Gasteiger partial charge in [0, 0.05) is 11.6 Å². The summed E-state index contributed by atoms with van der Waals surface area (Å²) in [6.45, 7) is 6.80. The van der Waals surface area contributed by atoms with Gasteiger partial charge >= 0.3 is 0 Å². The standard InChI is InChI=1S/C12H20IN3/c1-12(2,13)11-8-10(14-15-11)9-4-6-16(3)7-5-9/h8-9H,4-7H2,1-3H3,(H,14,15). The van der Waals surface area contributed by atoms with E-state index in [1.165, 1.54) is 37.3 Å². The Labute approximate surface area is 111 Å². The Kier molecular flexibility index (Phi) is 3.59. The van der Waals surface area contributed by atoms with E-state index >= 15 is 0 Å². The number of aromatic amines is 1. The van der Waals surface area contributed by atoms with Gasteiger partial charge in [0.05, 0.1) is 9.12 Å². The van der Waals surface area contributed by atoms with Crippen molar-refractivity contribution in [3.05, 3.63) is 17.5 Å². The molecule has 1 aliphatic heterocycles. The molecular weight excluding hydrogens is 313 g/mol. The molecule has 3 nitrogen and oxygen atoms in total. The molecule has 1 aliphatic rings. The molecule has 0 radical (unpaired) electrons. The number of halogens is 1. The van der Waals surface area contributed by atoms with E-state index in [1.807, 2.05) is 0 Å². The first-order valence-electron chi connectivity index (χ1n) is 5.90. The molecule has 0 aromatic carbocycles. The molecule has 1 N–H and O–H groups in total. The van der Waals surface area contributed by atoms with E-state index in [2.05, 4.69) is 64.6 Å². The van der Waals surface area contributed by atoms with Crippen LogP contribution in [-0.4, -0.2) is 35.2 Å². The number of aromatic nitrogens is 2. The second-order valence-electron chi connectivity index (χ2n) is 5.26. The molecule has 1 aromatic heterocycles. The number of alkyl halides is 1. The molecule has 0 saturated carbocycles. The molecule has 0 aliphatic carbocycles. The van der Waals surface area contributed by atoms with Crippen LogP contribution in [0.5, 0.6) is 0 Å². The van der Waals surface area contributed by atoms with Gasteiger partial charge in [-0.1, -0.05) is 22.6 Å². The van der Waals surface area contributed by atoms with Crippen LogP contribution in [0.1, 0.15) is 44.0 Å². The van der Waals surface area contributed by atoms with Crippen LogP contribution in [0.25, 0.3) is 0 Å². The Hall–Kier alpha value is -0.100. The van der Waals surface area contributed by atoms with Crippen molar-refractivity contribution in [2.45, 2.75) is 36.0 Å². The first kappa shape index (κ1) is 12.4. The summed E-state index contributed by atoms with van der Waals surface area (Å²) >= 11 is 2.44. The van der Waals surface area contributed by atoms with Gasteiger partial charge in [0.2, 0.25) is 0 Å². The number of likely N-dealkylation sites (tertiary alicyclic amines) is 1. The van der Waals surface area contributed by atoms with Crippen molar-refractivity contribution in [3.8, 4) is 0 Å². The minimum Gasteiger partial charge on any atom is -0.306 e. The largest absolute Gasteiger partial charge is 0.306 e. The van der Waals surface area contributed by atoms with Crippen molar-refractivity contribution in [1.29, 1.82) is 0 Å². The Morgan fingerprint density at radius 1 is 1.44 bits per heavy atom. The lowest BCUT2D eigenvalue weighted by atomic mass is 9.93. The van der Waals surface area contributed by atoms with Crippen molar-refractivity contribution in [3.63, 3.8) is 0 Å². The first-order chi connectivity index (χ1) is 7.47. The minimum absolute atomic E-state index is 0.123. The van der Waals surface area contributed by atoms with Crippen LogP contribution in [0.3, 0.4) is 0 Å². The van der Waals surface area contributed by atoms with Crippen LogP contribution in [0.2, 0.25) is 0 Å². The van der Waals surface area contributed by atoms with E-state index in [9.17, 15) is 0 Å². The zero-order valence-electron chi connectivity index (χ0n) is 10.3. The molecule has 0 amide bonds. The zero-order valence-corrected chi connectivity index (χ0v) is 12.4. The maximum Gasteiger partial charge on any atom is 0.0778 e. The highest BCUT2D eigenvalue weighted by Crippen LogP contribution is 2.32. The molecule has 1 fully saturated rings. The molecule has 0 atom stereocenters. The number of piperidine rings is 1. The van der Waals surface area contributed by atoms with Gasteiger partial charge in [-0.25, -0.2) is 0 Å². The molecule has 0 spiro atoms. The summed E-state index contributed by atoms with van der Waals surface area (Å²) in [7, 11) is 2.20. The van der Waals surface area contributed by atoms with E-state index in [-0.39, 0.29) is 3.42 Å². The zero-order chi connectivity index (χ0) is 11.8. The molecule has 90 valence electrons. The molecule has 2 heterocycles. The third-order valence-electron chi connectivity index (χ3n) is 3.37. The van der Waals surface area contributed by atoms with Gasteiger partial charge in [0.1, 0.15) is 0 Å². The summed E-state index contributed by atoms with van der Waals surface area (Å²) < 4.78 is 0.123. The maximum atomic E-state index is 4.44. The quantitative estimate of drug-likeness (QED) is 0.667. The number of nitrogens with one attached hydrogen (secondary N) is 1. The predicted molar refractivity (Wildman–Crippen MR) is 75.1 cm³/mol. The van der Waals surface area contributed by atoms with Crippen molar-refractivity contribution in [2.24, 2.45) is 0 Å². The van der Waals surface area contributed by atoms with Crippen molar-refractivity contribution in [2.75, 3.05) is 20.1 Å². The molecule has 4 heteroatoms. The van der Waals surface area contributed by atoms with Gasteiger partial charge in [-0.15, -0.1) is 0 Å². The van der Waals surface area contributed by atoms with Crippen LogP contribution in [0.15, 0.2) is 6.07 Å². The van der Waals surface area contributed by atoms with Gasteiger partial charge < -0.3 is 4.90 Å². The number of hydrogen-bond donors (Lipinski definition) is 1. The lowest BCUT2D eigenvalue weighted by Crippen LogP contribution is -2.29. The average molecular weight is 333 g/mol. The summed E-state index contributed by atoms with van der Waals surface area (Å²) in [6, 6.07) is 2.25. The molecule has 1 aromatic rings. The van der Waals surface area contributed by atoms with Crippen molar-refractivity contribution >= 4 is 22.6 Å². The van der Waals surface area contributed by atoms with E-state index in [0.717, 1.165) is 0 Å². The fraction of sp³-hybridized carbons (Fsp3) is 0.750. The fourth-order valence-corrected chi connectivity index (χ4v) is 2.45. The lowest BCUT2D eigenvalue weighted by molar-refractivity contribution is 0.253. The Morgan fingerprint density at radius 2 is 2.06 bits per heavy atom. The monoisotopic (exact) mass is 333 g/mol. The van der Waals surface area contributed by atoms with Crippen LogP contribution in [0.4, 0.5) is 0 Å². The maximum absolute atomic E-state index is 4.44. The van der Waals surface area contributed by atoms with Crippen LogP contribution in [-0.2, 0) is 3.42 Å². The highest BCUT2D eigenvalue weighted by atomic mass is 127. The average Bonchev–Trinajstić information content (AvgIpc) is 2.67. The fourth-order valence-electron chi connectivity index (χ4n) is 2.17. The molecule has 0 unspecified atom stereocenters. The summed E-state index contributed by atoms with van der Waals surface area (Å²) in [5.74, 6) is 0.677. The smallest absolute Gasteiger partial charge is 0.0778 e. The Bertz CT molecular complexity index is 345. The summed E-state index contributed by atoms with van der Waals surface area (Å²) in [6.07, 6.45) is 2.50. The molecule has 16 heavy (non-hydrogen) atoms. The van der Waals surface area contributed by atoms with Gasteiger partial charge in [0.25, 0.3) is 0 Å². The van der Waals surface area contributed by atoms with E-state index in [1.54, 1.807) is 0 Å². The minimum atomic E-state index is 0.123. The number of H-pyrrole nitrogens is 1. The lowest BCUT2D eigenvalue weighted by Gasteiger charge is -2.28. The second kappa shape index (κ2) is 4.64. The van der Waals surface area contributed by atoms with E-state index in [4.69, 9.17) is 0 Å². The number of nitrogens with zero attached hydrogens (tertiary/aromatic N) is 2. The summed E-state index contributed by atoms with van der Waals surface area (Å²) in [5, 5.41) is 7.66. The van der Waals surface area contributed by atoms with Crippen LogP contribution < -0.4 is 0 Å². The van der Waals surface area contributed by atoms with Crippen molar-refractivity contribution < 1.29 is 0 Å². The first-order valence-corrected chi connectivity index (χ1v) is 6.98. The molecular formula is C12H20IN3. The highest BCUT2D eigenvalue weighted by Gasteiger charge is 2.24. The van der Waals surface area contributed by atoms with Gasteiger partial charge in [0.15, 0.2) is 0 Å². The van der Waals surface area contributed by atoms with Crippen LogP contribution >= 0.6 is 22.6 Å². The normalized spacial score (nSPS) is 20.2. The highest BCUT2D eigenvalue weighted by molar-refractivity contribution is 14.1. The van der Waals surface area contributed by atoms with Gasteiger partial charge in [-0.3, -0.25) is 5.10 Å². The van der Waals surface area contributed by atoms with Crippen LogP contribution in [0, 0.1) is 0 Å². The van der Waals surface area contributed by atoms with Gasteiger partial charge in [-0.05, 0) is 52.9 Å². The number of hydrogen-bond acceptors (Lipinski definition) is 2. The summed E-state index contributed by atoms with van der Waals surface area (Å²) in [4.78, 5) is 2.40. The van der Waals surface area contributed by atoms with Crippen molar-refractivity contribution in [1.82, 2.24) is 15.1 Å².